The van der Waals surface area contributed by atoms with Crippen LogP contribution in [0.25, 0.3) is 0 Å². The van der Waals surface area contributed by atoms with Crippen LogP contribution in [0.1, 0.15) is 16.7 Å². The van der Waals surface area contributed by atoms with E-state index in [4.69, 9.17) is 0 Å². The summed E-state index contributed by atoms with van der Waals surface area (Å²) in [5.41, 5.74) is 1.20. The van der Waals surface area contributed by atoms with Crippen molar-refractivity contribution in [2.75, 3.05) is 0 Å². The predicted octanol–water partition coefficient (Wildman–Crippen LogP) is 5.00. The summed E-state index contributed by atoms with van der Waals surface area (Å²) in [4.78, 5) is 0.503. The van der Waals surface area contributed by atoms with E-state index in [2.05, 4.69) is 0 Å². The summed E-state index contributed by atoms with van der Waals surface area (Å²) in [5.74, 6) is 0. The number of sulfone groups is 1. The first-order valence-corrected chi connectivity index (χ1v) is 11.2. The topological polar surface area (TPSA) is 54.4 Å². The lowest BCUT2D eigenvalue weighted by atomic mass is 9.81. The highest BCUT2D eigenvalue weighted by atomic mass is 32.2. The van der Waals surface area contributed by atoms with Gasteiger partial charge in [0.05, 0.1) is 9.79 Å². The number of benzene rings is 4. The molecule has 0 heterocycles. The lowest BCUT2D eigenvalue weighted by Gasteiger charge is -2.30. The van der Waals surface area contributed by atoms with Crippen LogP contribution in [0.15, 0.2) is 125 Å². The lowest BCUT2D eigenvalue weighted by Crippen LogP contribution is -2.30. The fourth-order valence-corrected chi connectivity index (χ4v) is 4.90. The van der Waals surface area contributed by atoms with Crippen LogP contribution in [0, 0.1) is 0 Å². The molecular formula is C26H22O3S. The first-order valence-electron chi connectivity index (χ1n) is 9.73. The van der Waals surface area contributed by atoms with Gasteiger partial charge in [-0.3, -0.25) is 0 Å². The van der Waals surface area contributed by atoms with Crippen LogP contribution in [0.3, 0.4) is 0 Å². The highest BCUT2D eigenvalue weighted by molar-refractivity contribution is 7.91. The molecule has 0 aliphatic carbocycles. The van der Waals surface area contributed by atoms with Crippen LogP contribution in [-0.4, -0.2) is 13.5 Å². The minimum absolute atomic E-state index is 0.236. The number of aliphatic hydroxyl groups is 1. The quantitative estimate of drug-likeness (QED) is 0.483. The van der Waals surface area contributed by atoms with Gasteiger partial charge in [0.25, 0.3) is 0 Å². The van der Waals surface area contributed by atoms with Crippen molar-refractivity contribution in [3.8, 4) is 0 Å². The fourth-order valence-electron chi connectivity index (χ4n) is 3.62. The van der Waals surface area contributed by atoms with Gasteiger partial charge in [-0.1, -0.05) is 91.0 Å². The van der Waals surface area contributed by atoms with Crippen molar-refractivity contribution in [2.24, 2.45) is 0 Å². The van der Waals surface area contributed by atoms with Gasteiger partial charge < -0.3 is 5.11 Å². The van der Waals surface area contributed by atoms with Crippen LogP contribution in [0.2, 0.25) is 0 Å². The van der Waals surface area contributed by atoms with E-state index in [9.17, 15) is 13.5 Å². The molecule has 0 saturated carbocycles. The molecule has 4 rings (SSSR count). The van der Waals surface area contributed by atoms with Crippen molar-refractivity contribution in [2.45, 2.75) is 21.8 Å². The van der Waals surface area contributed by atoms with E-state index < -0.39 is 15.4 Å². The Labute approximate surface area is 177 Å². The van der Waals surface area contributed by atoms with Crippen molar-refractivity contribution in [1.82, 2.24) is 0 Å². The Balaban J connectivity index is 1.68. The molecule has 0 spiro atoms. The highest BCUT2D eigenvalue weighted by Crippen LogP contribution is 2.33. The van der Waals surface area contributed by atoms with Crippen molar-refractivity contribution in [1.29, 1.82) is 0 Å². The highest BCUT2D eigenvalue weighted by Gasteiger charge is 2.31. The molecule has 3 nitrogen and oxygen atoms in total. The summed E-state index contributed by atoms with van der Waals surface area (Å²) in [7, 11) is -3.57. The van der Waals surface area contributed by atoms with Gasteiger partial charge in [-0.25, -0.2) is 8.42 Å². The molecule has 1 N–H and O–H groups in total. The third-order valence-electron chi connectivity index (χ3n) is 5.25. The Kier molecular flexibility index (Phi) is 5.53. The summed E-state index contributed by atoms with van der Waals surface area (Å²) >= 11 is 0. The molecule has 4 aromatic carbocycles. The zero-order valence-electron chi connectivity index (χ0n) is 16.3. The normalized spacial score (nSPS) is 11.9. The third kappa shape index (κ3) is 3.92. The van der Waals surface area contributed by atoms with Gasteiger partial charge in [-0.2, -0.15) is 0 Å². The predicted molar refractivity (Wildman–Crippen MR) is 118 cm³/mol. The standard InChI is InChI=1S/C26H22O3S/c27-26(22-10-4-1-5-11-22,23-12-6-2-7-13-23)20-21-16-18-25(19-17-21)30(28,29)24-14-8-3-9-15-24/h1-19,27H,20H2. The van der Waals surface area contributed by atoms with Crippen LogP contribution >= 0.6 is 0 Å². The molecule has 4 aromatic rings. The molecule has 0 fully saturated rings. The molecule has 0 radical (unpaired) electrons. The van der Waals surface area contributed by atoms with Crippen LogP contribution < -0.4 is 0 Å². The summed E-state index contributed by atoms with van der Waals surface area (Å²) < 4.78 is 25.6. The monoisotopic (exact) mass is 414 g/mol. The van der Waals surface area contributed by atoms with Gasteiger partial charge >= 0.3 is 0 Å². The van der Waals surface area contributed by atoms with Crippen molar-refractivity contribution < 1.29 is 13.5 Å². The average Bonchev–Trinajstić information content (AvgIpc) is 2.81. The van der Waals surface area contributed by atoms with Crippen LogP contribution in [0.4, 0.5) is 0 Å². The summed E-state index contributed by atoms with van der Waals surface area (Å²) in [6.07, 6.45) is 0.326. The molecule has 30 heavy (non-hydrogen) atoms. The van der Waals surface area contributed by atoms with E-state index in [1.807, 2.05) is 60.7 Å². The number of rotatable bonds is 6. The summed E-state index contributed by atoms with van der Waals surface area (Å²) in [6.45, 7) is 0. The second-order valence-corrected chi connectivity index (χ2v) is 9.18. The minimum Gasteiger partial charge on any atom is -0.380 e. The van der Waals surface area contributed by atoms with E-state index in [0.29, 0.717) is 6.42 Å². The maximum Gasteiger partial charge on any atom is 0.206 e. The number of hydrogen-bond donors (Lipinski definition) is 1. The van der Waals surface area contributed by atoms with E-state index in [0.717, 1.165) is 16.7 Å². The Morgan fingerprint density at radius 1 is 0.567 bits per heavy atom. The largest absolute Gasteiger partial charge is 0.380 e. The Morgan fingerprint density at radius 2 is 0.967 bits per heavy atom. The molecule has 0 saturated heterocycles. The third-order valence-corrected chi connectivity index (χ3v) is 7.04. The zero-order chi connectivity index (χ0) is 21.0. The fraction of sp³-hybridized carbons (Fsp3) is 0.0769. The summed E-state index contributed by atoms with van der Waals surface area (Å²) in [6, 6.07) is 34.2. The SMILES string of the molecule is O=S(=O)(c1ccccc1)c1ccc(CC(O)(c2ccccc2)c2ccccc2)cc1. The maximum atomic E-state index is 12.8. The summed E-state index contributed by atoms with van der Waals surface area (Å²) in [5, 5.41) is 11.7. The van der Waals surface area contributed by atoms with Gasteiger partial charge in [0.1, 0.15) is 5.60 Å². The van der Waals surface area contributed by atoms with E-state index >= 15 is 0 Å². The molecule has 0 aromatic heterocycles. The first-order chi connectivity index (χ1) is 14.5. The second kappa shape index (κ2) is 8.27. The van der Waals surface area contributed by atoms with E-state index in [-0.39, 0.29) is 9.79 Å². The van der Waals surface area contributed by atoms with Gasteiger partial charge in [-0.05, 0) is 41.0 Å². The number of hydrogen-bond acceptors (Lipinski definition) is 3. The van der Waals surface area contributed by atoms with E-state index in [1.165, 1.54) is 0 Å². The molecule has 150 valence electrons. The molecule has 4 heteroatoms. The Bertz CT molecular complexity index is 1160. The molecule has 0 amide bonds. The lowest BCUT2D eigenvalue weighted by molar-refractivity contribution is 0.0811. The van der Waals surface area contributed by atoms with Gasteiger partial charge in [0.15, 0.2) is 0 Å². The molecule has 0 aliphatic rings. The maximum absolute atomic E-state index is 12.8. The smallest absolute Gasteiger partial charge is 0.206 e. The molecule has 0 unspecified atom stereocenters. The van der Waals surface area contributed by atoms with Gasteiger partial charge in [0, 0.05) is 6.42 Å². The van der Waals surface area contributed by atoms with Gasteiger partial charge in [0.2, 0.25) is 9.84 Å². The second-order valence-electron chi connectivity index (χ2n) is 7.23. The molecule has 0 atom stereocenters. The van der Waals surface area contributed by atoms with E-state index in [1.54, 1.807) is 54.6 Å². The molecule has 0 aliphatic heterocycles. The zero-order valence-corrected chi connectivity index (χ0v) is 17.2. The Morgan fingerprint density at radius 3 is 1.43 bits per heavy atom. The van der Waals surface area contributed by atoms with Crippen LogP contribution in [0.5, 0.6) is 0 Å². The van der Waals surface area contributed by atoms with Crippen molar-refractivity contribution >= 4 is 9.84 Å². The molecule has 0 bridgehead atoms. The van der Waals surface area contributed by atoms with Crippen LogP contribution in [-0.2, 0) is 21.9 Å². The van der Waals surface area contributed by atoms with Gasteiger partial charge in [-0.15, -0.1) is 0 Å². The Hall–Kier alpha value is -3.21. The first kappa shape index (κ1) is 20.1. The molecular weight excluding hydrogens is 392 g/mol. The minimum atomic E-state index is -3.57. The van der Waals surface area contributed by atoms with Crippen molar-refractivity contribution in [3.05, 3.63) is 132 Å². The average molecular weight is 415 g/mol. The van der Waals surface area contributed by atoms with Crippen molar-refractivity contribution in [3.63, 3.8) is 0 Å².